The molecule has 0 radical (unpaired) electrons. The Labute approximate surface area is 125 Å². The van der Waals surface area contributed by atoms with Crippen LogP contribution in [0.1, 0.15) is 18.4 Å². The third-order valence-corrected chi connectivity index (χ3v) is 4.39. The van der Waals surface area contributed by atoms with Gasteiger partial charge in [-0.1, -0.05) is 0 Å². The minimum absolute atomic E-state index is 0.401. The molecular formula is C15H21N5O. The Morgan fingerprint density at radius 1 is 1.24 bits per heavy atom. The maximum atomic E-state index is 9.25. The normalized spacial score (nSPS) is 21.2. The van der Waals surface area contributed by atoms with Crippen LogP contribution in [0, 0.1) is 11.3 Å². The maximum absolute atomic E-state index is 9.25. The molecule has 2 aliphatic heterocycles. The van der Waals surface area contributed by atoms with Crippen molar-refractivity contribution in [2.24, 2.45) is 0 Å². The average Bonchev–Trinajstić information content (AvgIpc) is 2.56. The highest BCUT2D eigenvalue weighted by Gasteiger charge is 2.26. The quantitative estimate of drug-likeness (QED) is 0.868. The van der Waals surface area contributed by atoms with Gasteiger partial charge in [-0.3, -0.25) is 4.90 Å². The number of aromatic nitrogens is 1. The number of morpholine rings is 1. The van der Waals surface area contributed by atoms with E-state index >= 15 is 0 Å². The number of nitrogens with two attached hydrogens (primary N) is 1. The summed E-state index contributed by atoms with van der Waals surface area (Å²) in [6.07, 6.45) is 3.97. The number of piperidine rings is 1. The number of nitrogens with zero attached hydrogens (tertiary/aromatic N) is 4. The van der Waals surface area contributed by atoms with Crippen molar-refractivity contribution in [2.75, 3.05) is 50.0 Å². The molecule has 0 aromatic carbocycles. The lowest BCUT2D eigenvalue weighted by Crippen LogP contribution is -2.49. The predicted octanol–water partition coefficient (Wildman–Crippen LogP) is 0.836. The summed E-state index contributed by atoms with van der Waals surface area (Å²) in [5.74, 6) is 0.401. The van der Waals surface area contributed by atoms with Crippen LogP contribution in [0.2, 0.25) is 0 Å². The second kappa shape index (κ2) is 6.29. The lowest BCUT2D eigenvalue weighted by molar-refractivity contribution is 0.0115. The summed E-state index contributed by atoms with van der Waals surface area (Å²) in [6.45, 7) is 5.70. The Balaban J connectivity index is 1.64. The molecule has 112 valence electrons. The molecule has 3 rings (SSSR count). The molecule has 21 heavy (non-hydrogen) atoms. The fraction of sp³-hybridized carbons (Fsp3) is 0.600. The Morgan fingerprint density at radius 3 is 2.62 bits per heavy atom. The van der Waals surface area contributed by atoms with E-state index in [4.69, 9.17) is 10.5 Å². The van der Waals surface area contributed by atoms with E-state index in [9.17, 15) is 5.26 Å². The second-order valence-electron chi connectivity index (χ2n) is 5.60. The van der Waals surface area contributed by atoms with Crippen molar-refractivity contribution in [1.29, 1.82) is 5.26 Å². The van der Waals surface area contributed by atoms with Gasteiger partial charge in [0.05, 0.1) is 30.7 Å². The van der Waals surface area contributed by atoms with Crippen LogP contribution in [0.5, 0.6) is 0 Å². The second-order valence-corrected chi connectivity index (χ2v) is 5.60. The van der Waals surface area contributed by atoms with Crippen LogP contribution in [0.3, 0.4) is 0 Å². The number of rotatable bonds is 2. The molecule has 0 unspecified atom stereocenters. The third-order valence-electron chi connectivity index (χ3n) is 4.39. The first-order chi connectivity index (χ1) is 10.3. The fourth-order valence-electron chi connectivity index (χ4n) is 3.22. The predicted molar refractivity (Wildman–Crippen MR) is 81.0 cm³/mol. The first kappa shape index (κ1) is 14.1. The van der Waals surface area contributed by atoms with Crippen molar-refractivity contribution in [1.82, 2.24) is 9.88 Å². The molecule has 6 nitrogen and oxygen atoms in total. The maximum Gasteiger partial charge on any atom is 0.124 e. The van der Waals surface area contributed by atoms with E-state index in [2.05, 4.69) is 20.9 Å². The molecule has 0 bridgehead atoms. The van der Waals surface area contributed by atoms with Crippen LogP contribution >= 0.6 is 0 Å². The number of hydrogen-bond acceptors (Lipinski definition) is 6. The molecule has 2 aliphatic rings. The Bertz CT molecular complexity index is 527. The Morgan fingerprint density at radius 2 is 1.95 bits per heavy atom. The molecule has 2 saturated heterocycles. The van der Waals surface area contributed by atoms with Crippen LogP contribution in [0.25, 0.3) is 0 Å². The van der Waals surface area contributed by atoms with Gasteiger partial charge in [-0.25, -0.2) is 4.98 Å². The monoisotopic (exact) mass is 287 g/mol. The number of anilines is 2. The first-order valence-electron chi connectivity index (χ1n) is 7.50. The van der Waals surface area contributed by atoms with E-state index in [0.29, 0.717) is 17.4 Å². The molecule has 3 heterocycles. The molecule has 0 spiro atoms. The highest BCUT2D eigenvalue weighted by molar-refractivity contribution is 5.61. The van der Waals surface area contributed by atoms with Crippen molar-refractivity contribution < 1.29 is 4.74 Å². The number of hydrogen-bond donors (Lipinski definition) is 1. The SMILES string of the molecule is N#Cc1cc(N)ncc1N1CCC(N2CCOCC2)CC1. The minimum Gasteiger partial charge on any atom is -0.384 e. The van der Waals surface area contributed by atoms with E-state index in [1.165, 1.54) is 0 Å². The highest BCUT2D eigenvalue weighted by atomic mass is 16.5. The van der Waals surface area contributed by atoms with Gasteiger partial charge in [-0.2, -0.15) is 5.26 Å². The summed E-state index contributed by atoms with van der Waals surface area (Å²) in [4.78, 5) is 8.92. The smallest absolute Gasteiger partial charge is 0.124 e. The van der Waals surface area contributed by atoms with Crippen molar-refractivity contribution >= 4 is 11.5 Å². The summed E-state index contributed by atoms with van der Waals surface area (Å²) in [5.41, 5.74) is 7.18. The zero-order chi connectivity index (χ0) is 14.7. The Hall–Kier alpha value is -1.84. The summed E-state index contributed by atoms with van der Waals surface area (Å²) >= 11 is 0. The van der Waals surface area contributed by atoms with E-state index in [1.807, 2.05) is 0 Å². The van der Waals surface area contributed by atoms with Gasteiger partial charge < -0.3 is 15.4 Å². The topological polar surface area (TPSA) is 78.4 Å². The van der Waals surface area contributed by atoms with E-state index in [1.54, 1.807) is 12.3 Å². The van der Waals surface area contributed by atoms with Gasteiger partial charge in [0.25, 0.3) is 0 Å². The summed E-state index contributed by atoms with van der Waals surface area (Å²) in [6, 6.07) is 4.51. The van der Waals surface area contributed by atoms with Gasteiger partial charge in [0, 0.05) is 38.3 Å². The standard InChI is InChI=1S/C15H21N5O/c16-10-12-9-15(17)18-11-14(12)20-3-1-13(2-4-20)19-5-7-21-8-6-19/h9,11,13H,1-8H2,(H2,17,18). The van der Waals surface area contributed by atoms with E-state index in [0.717, 1.165) is 57.9 Å². The number of nitriles is 1. The van der Waals surface area contributed by atoms with Crippen LogP contribution in [0.4, 0.5) is 11.5 Å². The van der Waals surface area contributed by atoms with Crippen molar-refractivity contribution in [3.05, 3.63) is 17.8 Å². The van der Waals surface area contributed by atoms with Gasteiger partial charge >= 0.3 is 0 Å². The summed E-state index contributed by atoms with van der Waals surface area (Å²) in [7, 11) is 0. The van der Waals surface area contributed by atoms with Crippen LogP contribution in [-0.4, -0.2) is 55.3 Å². The Kier molecular flexibility index (Phi) is 4.23. The van der Waals surface area contributed by atoms with Crippen LogP contribution < -0.4 is 10.6 Å². The molecule has 6 heteroatoms. The van der Waals surface area contributed by atoms with E-state index in [-0.39, 0.29) is 0 Å². The molecule has 2 fully saturated rings. The number of pyridine rings is 1. The zero-order valence-electron chi connectivity index (χ0n) is 12.2. The molecule has 1 aromatic rings. The molecule has 0 atom stereocenters. The van der Waals surface area contributed by atoms with Crippen molar-refractivity contribution in [3.8, 4) is 6.07 Å². The first-order valence-corrected chi connectivity index (χ1v) is 7.50. The molecule has 0 amide bonds. The van der Waals surface area contributed by atoms with Crippen LogP contribution in [-0.2, 0) is 4.74 Å². The highest BCUT2D eigenvalue weighted by Crippen LogP contribution is 2.26. The third kappa shape index (κ3) is 3.09. The minimum atomic E-state index is 0.401. The number of nitrogen functional groups attached to an aromatic ring is 1. The molecule has 2 N–H and O–H groups in total. The largest absolute Gasteiger partial charge is 0.384 e. The molecule has 0 saturated carbocycles. The molecule has 0 aliphatic carbocycles. The fourth-order valence-corrected chi connectivity index (χ4v) is 3.22. The van der Waals surface area contributed by atoms with Gasteiger partial charge in [0.15, 0.2) is 0 Å². The number of ether oxygens (including phenoxy) is 1. The van der Waals surface area contributed by atoms with Gasteiger partial charge in [0.1, 0.15) is 11.9 Å². The lowest BCUT2D eigenvalue weighted by atomic mass is 10.0. The van der Waals surface area contributed by atoms with E-state index < -0.39 is 0 Å². The van der Waals surface area contributed by atoms with Crippen molar-refractivity contribution in [3.63, 3.8) is 0 Å². The van der Waals surface area contributed by atoms with Crippen molar-refractivity contribution in [2.45, 2.75) is 18.9 Å². The van der Waals surface area contributed by atoms with Gasteiger partial charge in [-0.15, -0.1) is 0 Å². The van der Waals surface area contributed by atoms with Gasteiger partial charge in [0.2, 0.25) is 0 Å². The summed E-state index contributed by atoms with van der Waals surface area (Å²) < 4.78 is 5.41. The average molecular weight is 287 g/mol. The zero-order valence-corrected chi connectivity index (χ0v) is 12.2. The molecule has 1 aromatic heterocycles. The lowest BCUT2D eigenvalue weighted by Gasteiger charge is -2.40. The van der Waals surface area contributed by atoms with Gasteiger partial charge in [-0.05, 0) is 12.8 Å². The van der Waals surface area contributed by atoms with Crippen LogP contribution in [0.15, 0.2) is 12.3 Å². The molecular weight excluding hydrogens is 266 g/mol. The summed E-state index contributed by atoms with van der Waals surface area (Å²) in [5, 5.41) is 9.25.